The van der Waals surface area contributed by atoms with Crippen LogP contribution in [0.25, 0.3) is 5.57 Å². The Hall–Kier alpha value is -2.52. The van der Waals surface area contributed by atoms with Crippen molar-refractivity contribution in [3.63, 3.8) is 0 Å². The van der Waals surface area contributed by atoms with Gasteiger partial charge in [-0.05, 0) is 11.1 Å². The molecule has 3 heteroatoms. The highest BCUT2D eigenvalue weighted by molar-refractivity contribution is 6.35. The fourth-order valence-electron chi connectivity index (χ4n) is 2.26. The summed E-state index contributed by atoms with van der Waals surface area (Å²) >= 11 is 0. The van der Waals surface area contributed by atoms with E-state index in [4.69, 9.17) is 0 Å². The number of aliphatic imine (C=N–C) groups is 1. The molecule has 0 radical (unpaired) electrons. The van der Waals surface area contributed by atoms with E-state index in [1.165, 1.54) is 6.08 Å². The number of amides is 1. The molecule has 1 unspecified atom stereocenters. The molecule has 0 saturated carbocycles. The van der Waals surface area contributed by atoms with Gasteiger partial charge in [0, 0.05) is 11.6 Å². The standard InChI is InChI=1S/C17H13NO2/c19-15-11-14(12-7-3-1-4-8-12)16(18-15)17(20)13-9-5-2-6-10-13/h1-11,17,20H. The fourth-order valence-corrected chi connectivity index (χ4v) is 2.26. The van der Waals surface area contributed by atoms with Crippen molar-refractivity contribution in [1.82, 2.24) is 0 Å². The van der Waals surface area contributed by atoms with Crippen LogP contribution in [0.4, 0.5) is 0 Å². The van der Waals surface area contributed by atoms with Gasteiger partial charge >= 0.3 is 0 Å². The lowest BCUT2D eigenvalue weighted by Gasteiger charge is -2.14. The number of aliphatic hydroxyl groups excluding tert-OH is 1. The molecule has 1 atom stereocenters. The summed E-state index contributed by atoms with van der Waals surface area (Å²) in [7, 11) is 0. The zero-order valence-corrected chi connectivity index (χ0v) is 10.7. The van der Waals surface area contributed by atoms with E-state index >= 15 is 0 Å². The molecule has 1 aliphatic rings. The van der Waals surface area contributed by atoms with Crippen LogP contribution in [0.1, 0.15) is 17.2 Å². The third-order valence-corrected chi connectivity index (χ3v) is 3.23. The molecule has 0 aliphatic carbocycles. The third kappa shape index (κ3) is 2.31. The number of carbonyl (C=O) groups is 1. The second-order valence-electron chi connectivity index (χ2n) is 4.57. The van der Waals surface area contributed by atoms with Gasteiger partial charge in [0.25, 0.3) is 5.91 Å². The molecule has 0 saturated heterocycles. The van der Waals surface area contributed by atoms with Crippen LogP contribution in [0, 0.1) is 0 Å². The number of rotatable bonds is 3. The first kappa shape index (κ1) is 12.5. The van der Waals surface area contributed by atoms with Crippen molar-refractivity contribution in [2.75, 3.05) is 0 Å². The summed E-state index contributed by atoms with van der Waals surface area (Å²) in [6.07, 6.45) is 0.575. The van der Waals surface area contributed by atoms with Gasteiger partial charge in [-0.1, -0.05) is 60.7 Å². The van der Waals surface area contributed by atoms with Crippen molar-refractivity contribution in [1.29, 1.82) is 0 Å². The Labute approximate surface area is 116 Å². The van der Waals surface area contributed by atoms with Gasteiger partial charge in [0.2, 0.25) is 0 Å². The van der Waals surface area contributed by atoms with Gasteiger partial charge in [-0.25, -0.2) is 4.99 Å². The number of hydrogen-bond acceptors (Lipinski definition) is 2. The largest absolute Gasteiger partial charge is 0.382 e. The van der Waals surface area contributed by atoms with E-state index in [1.807, 2.05) is 60.7 Å². The van der Waals surface area contributed by atoms with Crippen molar-refractivity contribution in [2.24, 2.45) is 4.99 Å². The zero-order valence-electron chi connectivity index (χ0n) is 10.7. The Balaban J connectivity index is 1.99. The number of carbonyl (C=O) groups excluding carboxylic acids is 1. The second-order valence-corrected chi connectivity index (χ2v) is 4.57. The van der Waals surface area contributed by atoms with Gasteiger partial charge in [-0.2, -0.15) is 0 Å². The molecule has 1 heterocycles. The van der Waals surface area contributed by atoms with Crippen molar-refractivity contribution < 1.29 is 9.90 Å². The van der Waals surface area contributed by atoms with Crippen LogP contribution in [0.15, 0.2) is 71.7 Å². The van der Waals surface area contributed by atoms with Crippen molar-refractivity contribution >= 4 is 17.2 Å². The number of aliphatic hydroxyl groups is 1. The van der Waals surface area contributed by atoms with Crippen molar-refractivity contribution in [2.45, 2.75) is 6.10 Å². The highest BCUT2D eigenvalue weighted by Crippen LogP contribution is 2.28. The molecule has 3 rings (SSSR count). The molecule has 1 N–H and O–H groups in total. The monoisotopic (exact) mass is 263 g/mol. The lowest BCUT2D eigenvalue weighted by Crippen LogP contribution is -2.12. The van der Waals surface area contributed by atoms with Crippen LogP contribution in [0.2, 0.25) is 0 Å². The molecule has 1 amide bonds. The first-order chi connectivity index (χ1) is 9.75. The first-order valence-electron chi connectivity index (χ1n) is 6.39. The lowest BCUT2D eigenvalue weighted by atomic mass is 9.95. The van der Waals surface area contributed by atoms with Gasteiger partial charge in [-0.15, -0.1) is 0 Å². The average Bonchev–Trinajstić information content (AvgIpc) is 2.90. The number of benzene rings is 2. The van der Waals surface area contributed by atoms with Gasteiger partial charge in [0.15, 0.2) is 0 Å². The fraction of sp³-hybridized carbons (Fsp3) is 0.0588. The molecule has 0 spiro atoms. The summed E-state index contributed by atoms with van der Waals surface area (Å²) < 4.78 is 0. The van der Waals surface area contributed by atoms with E-state index in [9.17, 15) is 9.90 Å². The summed E-state index contributed by atoms with van der Waals surface area (Å²) in [5.74, 6) is -0.325. The normalized spacial score (nSPS) is 15.8. The van der Waals surface area contributed by atoms with Crippen LogP contribution in [-0.2, 0) is 4.79 Å². The van der Waals surface area contributed by atoms with E-state index in [1.54, 1.807) is 0 Å². The molecule has 0 aromatic heterocycles. The maximum absolute atomic E-state index is 11.6. The van der Waals surface area contributed by atoms with Gasteiger partial charge < -0.3 is 5.11 Å². The Morgan fingerprint density at radius 3 is 2.15 bits per heavy atom. The molecule has 0 fully saturated rings. The molecule has 20 heavy (non-hydrogen) atoms. The van der Waals surface area contributed by atoms with E-state index in [2.05, 4.69) is 4.99 Å². The van der Waals surface area contributed by atoms with Crippen molar-refractivity contribution in [3.05, 3.63) is 77.9 Å². The predicted molar refractivity (Wildman–Crippen MR) is 78.3 cm³/mol. The SMILES string of the molecule is O=C1C=C(c2ccccc2)C(C(O)c2ccccc2)=N1. The molecular formula is C17H13NO2. The topological polar surface area (TPSA) is 49.7 Å². The second kappa shape index (κ2) is 5.23. The highest BCUT2D eigenvalue weighted by Gasteiger charge is 2.25. The van der Waals surface area contributed by atoms with Crippen LogP contribution in [0.5, 0.6) is 0 Å². The quantitative estimate of drug-likeness (QED) is 0.925. The summed E-state index contributed by atoms with van der Waals surface area (Å²) in [5, 5.41) is 10.4. The predicted octanol–water partition coefficient (Wildman–Crippen LogP) is 2.78. The molecule has 1 aliphatic heterocycles. The summed E-state index contributed by atoms with van der Waals surface area (Å²) in [5.41, 5.74) is 2.70. The molecule has 98 valence electrons. The van der Waals surface area contributed by atoms with Gasteiger partial charge in [0.1, 0.15) is 6.10 Å². The number of hydrogen-bond donors (Lipinski definition) is 1. The molecule has 2 aromatic carbocycles. The highest BCUT2D eigenvalue weighted by atomic mass is 16.3. The third-order valence-electron chi connectivity index (χ3n) is 3.23. The van der Waals surface area contributed by atoms with Crippen LogP contribution in [-0.4, -0.2) is 16.7 Å². The molecule has 3 nitrogen and oxygen atoms in total. The molecule has 0 bridgehead atoms. The Bertz CT molecular complexity index is 687. The Kier molecular flexibility index (Phi) is 3.27. The average molecular weight is 263 g/mol. The Morgan fingerprint density at radius 2 is 1.50 bits per heavy atom. The molecular weight excluding hydrogens is 250 g/mol. The minimum atomic E-state index is -0.894. The van der Waals surface area contributed by atoms with Crippen LogP contribution in [0.3, 0.4) is 0 Å². The number of nitrogens with zero attached hydrogens (tertiary/aromatic N) is 1. The maximum atomic E-state index is 11.6. The smallest absolute Gasteiger partial charge is 0.270 e. The van der Waals surface area contributed by atoms with Crippen molar-refractivity contribution in [3.8, 4) is 0 Å². The summed E-state index contributed by atoms with van der Waals surface area (Å²) in [6, 6.07) is 18.7. The summed E-state index contributed by atoms with van der Waals surface area (Å²) in [6.45, 7) is 0. The minimum absolute atomic E-state index is 0.325. The molecule has 2 aromatic rings. The van der Waals surface area contributed by atoms with Crippen LogP contribution >= 0.6 is 0 Å². The van der Waals surface area contributed by atoms with E-state index in [0.29, 0.717) is 11.3 Å². The van der Waals surface area contributed by atoms with E-state index < -0.39 is 6.10 Å². The van der Waals surface area contributed by atoms with Gasteiger partial charge in [-0.3, -0.25) is 4.79 Å². The zero-order chi connectivity index (χ0) is 13.9. The Morgan fingerprint density at radius 1 is 0.900 bits per heavy atom. The van der Waals surface area contributed by atoms with Gasteiger partial charge in [0.05, 0.1) is 5.71 Å². The first-order valence-corrected chi connectivity index (χ1v) is 6.39. The van der Waals surface area contributed by atoms with Crippen LogP contribution < -0.4 is 0 Å². The maximum Gasteiger partial charge on any atom is 0.270 e. The van der Waals surface area contributed by atoms with E-state index in [0.717, 1.165) is 11.1 Å². The lowest BCUT2D eigenvalue weighted by molar-refractivity contribution is -0.113. The minimum Gasteiger partial charge on any atom is -0.382 e. The summed E-state index contributed by atoms with van der Waals surface area (Å²) in [4.78, 5) is 15.6. The van der Waals surface area contributed by atoms with E-state index in [-0.39, 0.29) is 5.91 Å².